The molecule has 1 fully saturated rings. The molecule has 21 heavy (non-hydrogen) atoms. The first-order valence-electron chi connectivity index (χ1n) is 7.40. The lowest BCUT2D eigenvalue weighted by Gasteiger charge is -2.26. The van der Waals surface area contributed by atoms with Gasteiger partial charge in [0.05, 0.1) is 19.8 Å². The largest absolute Gasteiger partial charge is 0.379 e. The number of imidazole rings is 1. The molecular weight excluding hydrogens is 264 g/mol. The highest BCUT2D eigenvalue weighted by Gasteiger charge is 2.10. The van der Waals surface area contributed by atoms with Crippen molar-refractivity contribution in [2.24, 2.45) is 7.05 Å². The van der Waals surface area contributed by atoms with Gasteiger partial charge in [-0.05, 0) is 17.7 Å². The van der Waals surface area contributed by atoms with Gasteiger partial charge in [-0.1, -0.05) is 12.1 Å². The number of nitrogens with zero attached hydrogens (tertiary/aromatic N) is 3. The van der Waals surface area contributed by atoms with E-state index in [4.69, 9.17) is 4.74 Å². The maximum atomic E-state index is 5.37. The molecule has 2 heterocycles. The summed E-state index contributed by atoms with van der Waals surface area (Å²) in [6.07, 6.45) is 3.78. The van der Waals surface area contributed by atoms with E-state index in [9.17, 15) is 0 Å². The van der Waals surface area contributed by atoms with E-state index in [1.54, 1.807) is 0 Å². The zero-order valence-corrected chi connectivity index (χ0v) is 12.5. The van der Waals surface area contributed by atoms with Gasteiger partial charge in [0.1, 0.15) is 5.82 Å². The minimum Gasteiger partial charge on any atom is -0.379 e. The van der Waals surface area contributed by atoms with Crippen molar-refractivity contribution >= 4 is 5.69 Å². The SMILES string of the molecule is Cn1ccnc1CNc1ccc(CN2CCOCC2)cc1. The fourth-order valence-electron chi connectivity index (χ4n) is 2.49. The maximum absolute atomic E-state index is 5.37. The lowest BCUT2D eigenvalue weighted by Crippen LogP contribution is -2.35. The van der Waals surface area contributed by atoms with Gasteiger partial charge in [0.2, 0.25) is 0 Å². The number of hydrogen-bond acceptors (Lipinski definition) is 4. The number of nitrogens with one attached hydrogen (secondary N) is 1. The molecule has 0 unspecified atom stereocenters. The molecule has 1 N–H and O–H groups in total. The average Bonchev–Trinajstić information content (AvgIpc) is 2.93. The van der Waals surface area contributed by atoms with Gasteiger partial charge in [-0.15, -0.1) is 0 Å². The van der Waals surface area contributed by atoms with Crippen LogP contribution < -0.4 is 5.32 Å². The van der Waals surface area contributed by atoms with E-state index >= 15 is 0 Å². The third-order valence-corrected chi connectivity index (χ3v) is 3.84. The summed E-state index contributed by atoms with van der Waals surface area (Å²) in [5.74, 6) is 1.03. The minimum absolute atomic E-state index is 0.742. The Morgan fingerprint density at radius 2 is 1.95 bits per heavy atom. The molecule has 0 atom stereocenters. The highest BCUT2D eigenvalue weighted by molar-refractivity contribution is 5.44. The molecule has 1 aromatic heterocycles. The fourth-order valence-corrected chi connectivity index (χ4v) is 2.49. The van der Waals surface area contributed by atoms with Crippen LogP contribution in [0.2, 0.25) is 0 Å². The van der Waals surface area contributed by atoms with Crippen molar-refractivity contribution in [3.8, 4) is 0 Å². The number of rotatable bonds is 5. The first kappa shape index (κ1) is 14.1. The molecule has 1 aromatic carbocycles. The molecule has 0 saturated carbocycles. The summed E-state index contributed by atoms with van der Waals surface area (Å²) < 4.78 is 7.40. The third-order valence-electron chi connectivity index (χ3n) is 3.84. The molecule has 5 heteroatoms. The van der Waals surface area contributed by atoms with Gasteiger partial charge in [0, 0.05) is 44.8 Å². The molecule has 0 spiro atoms. The molecular formula is C16H22N4O. The van der Waals surface area contributed by atoms with Gasteiger partial charge in [0.25, 0.3) is 0 Å². The number of anilines is 1. The Kier molecular flexibility index (Phi) is 4.52. The number of aromatic nitrogens is 2. The van der Waals surface area contributed by atoms with Gasteiger partial charge in [-0.25, -0.2) is 4.98 Å². The summed E-state index contributed by atoms with van der Waals surface area (Å²) in [5, 5.41) is 3.40. The lowest BCUT2D eigenvalue weighted by atomic mass is 10.2. The van der Waals surface area contributed by atoms with Crippen molar-refractivity contribution < 1.29 is 4.74 Å². The number of morpholine rings is 1. The van der Waals surface area contributed by atoms with Gasteiger partial charge in [-0.2, -0.15) is 0 Å². The lowest BCUT2D eigenvalue weighted by molar-refractivity contribution is 0.0342. The second kappa shape index (κ2) is 6.74. The van der Waals surface area contributed by atoms with E-state index in [1.165, 1.54) is 5.56 Å². The molecule has 3 rings (SSSR count). The van der Waals surface area contributed by atoms with E-state index in [-0.39, 0.29) is 0 Å². The highest BCUT2D eigenvalue weighted by atomic mass is 16.5. The van der Waals surface area contributed by atoms with Crippen LogP contribution in [0.25, 0.3) is 0 Å². The predicted octanol–water partition coefficient (Wildman–Crippen LogP) is 1.86. The Morgan fingerprint density at radius 3 is 2.62 bits per heavy atom. The monoisotopic (exact) mass is 286 g/mol. The van der Waals surface area contributed by atoms with Gasteiger partial charge in [-0.3, -0.25) is 4.90 Å². The third kappa shape index (κ3) is 3.83. The molecule has 0 radical (unpaired) electrons. The number of ether oxygens (including phenoxy) is 1. The summed E-state index contributed by atoms with van der Waals surface area (Å²) in [5.41, 5.74) is 2.48. The zero-order valence-electron chi connectivity index (χ0n) is 12.5. The Morgan fingerprint density at radius 1 is 1.19 bits per heavy atom. The Hall–Kier alpha value is -1.85. The second-order valence-corrected chi connectivity index (χ2v) is 5.39. The van der Waals surface area contributed by atoms with E-state index in [0.29, 0.717) is 0 Å². The number of benzene rings is 1. The second-order valence-electron chi connectivity index (χ2n) is 5.39. The summed E-state index contributed by atoms with van der Waals surface area (Å²) in [4.78, 5) is 6.74. The van der Waals surface area contributed by atoms with Gasteiger partial charge in [0.15, 0.2) is 0 Å². The molecule has 1 saturated heterocycles. The predicted molar refractivity (Wildman–Crippen MR) is 83.1 cm³/mol. The molecule has 0 amide bonds. The standard InChI is InChI=1S/C16H22N4O/c1-19-7-6-17-16(19)12-18-15-4-2-14(3-5-15)13-20-8-10-21-11-9-20/h2-7,18H,8-13H2,1H3. The fraction of sp³-hybridized carbons (Fsp3) is 0.438. The average molecular weight is 286 g/mol. The topological polar surface area (TPSA) is 42.3 Å². The first-order valence-corrected chi connectivity index (χ1v) is 7.40. The van der Waals surface area contributed by atoms with Crippen LogP contribution in [0.3, 0.4) is 0 Å². The Labute approximate surface area is 125 Å². The quantitative estimate of drug-likeness (QED) is 0.911. The molecule has 2 aromatic rings. The van der Waals surface area contributed by atoms with Crippen molar-refractivity contribution in [3.05, 3.63) is 48.0 Å². The van der Waals surface area contributed by atoms with Crippen LogP contribution >= 0.6 is 0 Å². The van der Waals surface area contributed by atoms with Crippen LogP contribution in [0.4, 0.5) is 5.69 Å². The van der Waals surface area contributed by atoms with Crippen molar-refractivity contribution in [1.82, 2.24) is 14.5 Å². The minimum atomic E-state index is 0.742. The molecule has 1 aliphatic heterocycles. The Balaban J connectivity index is 1.52. The summed E-state index contributed by atoms with van der Waals surface area (Å²) in [7, 11) is 2.01. The molecule has 0 bridgehead atoms. The van der Waals surface area contributed by atoms with Gasteiger partial charge < -0.3 is 14.6 Å². The van der Waals surface area contributed by atoms with Crippen LogP contribution in [-0.4, -0.2) is 40.8 Å². The van der Waals surface area contributed by atoms with E-state index in [1.807, 2.05) is 24.0 Å². The van der Waals surface area contributed by atoms with E-state index in [0.717, 1.165) is 50.9 Å². The normalized spacial score (nSPS) is 16.0. The molecule has 0 aliphatic carbocycles. The molecule has 5 nitrogen and oxygen atoms in total. The molecule has 1 aliphatic rings. The van der Waals surface area contributed by atoms with Crippen LogP contribution in [-0.2, 0) is 24.9 Å². The Bertz CT molecular complexity index is 558. The van der Waals surface area contributed by atoms with Gasteiger partial charge >= 0.3 is 0 Å². The summed E-state index contributed by atoms with van der Waals surface area (Å²) in [6, 6.07) is 8.66. The van der Waals surface area contributed by atoms with E-state index in [2.05, 4.69) is 39.5 Å². The van der Waals surface area contributed by atoms with E-state index < -0.39 is 0 Å². The zero-order chi connectivity index (χ0) is 14.5. The van der Waals surface area contributed by atoms with Crippen LogP contribution in [0.1, 0.15) is 11.4 Å². The van der Waals surface area contributed by atoms with Crippen molar-refractivity contribution in [3.63, 3.8) is 0 Å². The van der Waals surface area contributed by atoms with Crippen molar-refractivity contribution in [2.75, 3.05) is 31.6 Å². The van der Waals surface area contributed by atoms with Crippen molar-refractivity contribution in [2.45, 2.75) is 13.1 Å². The highest BCUT2D eigenvalue weighted by Crippen LogP contribution is 2.13. The van der Waals surface area contributed by atoms with Crippen LogP contribution in [0.15, 0.2) is 36.7 Å². The van der Waals surface area contributed by atoms with Crippen molar-refractivity contribution in [1.29, 1.82) is 0 Å². The summed E-state index contributed by atoms with van der Waals surface area (Å²) >= 11 is 0. The number of aryl methyl sites for hydroxylation is 1. The van der Waals surface area contributed by atoms with Crippen LogP contribution in [0.5, 0.6) is 0 Å². The smallest absolute Gasteiger partial charge is 0.127 e. The maximum Gasteiger partial charge on any atom is 0.127 e. The summed E-state index contributed by atoms with van der Waals surface area (Å²) in [6.45, 7) is 5.50. The van der Waals surface area contributed by atoms with Crippen LogP contribution in [0, 0.1) is 0 Å². The molecule has 112 valence electrons. The first-order chi connectivity index (χ1) is 10.3. The number of hydrogen-bond donors (Lipinski definition) is 1.